The summed E-state index contributed by atoms with van der Waals surface area (Å²) in [4.78, 5) is 26.1. The first-order chi connectivity index (χ1) is 9.54. The maximum absolute atomic E-state index is 12.3. The second-order valence-electron chi connectivity index (χ2n) is 5.31. The summed E-state index contributed by atoms with van der Waals surface area (Å²) < 4.78 is 0. The fraction of sp³-hybridized carbons (Fsp3) is 0.429. The van der Waals surface area contributed by atoms with E-state index >= 15 is 0 Å². The Morgan fingerprint density at radius 1 is 1.24 bits per heavy atom. The van der Waals surface area contributed by atoms with Crippen molar-refractivity contribution in [2.45, 2.75) is 25.3 Å². The SMILES string of the molecule is Cc1cc(Cl)ccc1N1C(=O)NC(=O)C12CCNCC2.Cl. The van der Waals surface area contributed by atoms with Gasteiger partial charge in [-0.15, -0.1) is 12.4 Å². The number of nitrogens with zero attached hydrogens (tertiary/aromatic N) is 1. The number of hydrogen-bond acceptors (Lipinski definition) is 3. The molecule has 2 aliphatic rings. The monoisotopic (exact) mass is 329 g/mol. The summed E-state index contributed by atoms with van der Waals surface area (Å²) in [5, 5.41) is 6.30. The zero-order valence-electron chi connectivity index (χ0n) is 11.6. The van der Waals surface area contributed by atoms with Crippen molar-refractivity contribution >= 4 is 41.6 Å². The number of urea groups is 1. The minimum atomic E-state index is -0.763. The highest BCUT2D eigenvalue weighted by Crippen LogP contribution is 2.37. The number of hydrogen-bond donors (Lipinski definition) is 2. The summed E-state index contributed by atoms with van der Waals surface area (Å²) in [5.41, 5.74) is 0.876. The van der Waals surface area contributed by atoms with Crippen LogP contribution in [0.25, 0.3) is 0 Å². The fourth-order valence-electron chi connectivity index (χ4n) is 3.07. The van der Waals surface area contributed by atoms with E-state index in [-0.39, 0.29) is 24.3 Å². The molecular formula is C14H17Cl2N3O2. The molecule has 1 aromatic rings. The second-order valence-corrected chi connectivity index (χ2v) is 5.74. The van der Waals surface area contributed by atoms with Crippen molar-refractivity contribution in [3.05, 3.63) is 28.8 Å². The van der Waals surface area contributed by atoms with Crippen LogP contribution in [0.5, 0.6) is 0 Å². The number of rotatable bonds is 1. The van der Waals surface area contributed by atoms with Crippen molar-refractivity contribution < 1.29 is 9.59 Å². The highest BCUT2D eigenvalue weighted by Gasteiger charge is 2.54. The van der Waals surface area contributed by atoms with E-state index in [4.69, 9.17) is 11.6 Å². The standard InChI is InChI=1S/C14H16ClN3O2.ClH/c1-9-8-10(15)2-3-11(9)18-13(20)17-12(19)14(18)4-6-16-7-5-14;/h2-3,8,16H,4-7H2,1H3,(H,17,19,20);1H. The van der Waals surface area contributed by atoms with Gasteiger partial charge in [0.2, 0.25) is 0 Å². The summed E-state index contributed by atoms with van der Waals surface area (Å²) >= 11 is 5.97. The highest BCUT2D eigenvalue weighted by atomic mass is 35.5. The van der Waals surface area contributed by atoms with E-state index in [0.717, 1.165) is 24.3 Å². The van der Waals surface area contributed by atoms with Crippen LogP contribution in [0, 0.1) is 6.92 Å². The van der Waals surface area contributed by atoms with Crippen LogP contribution in [0.1, 0.15) is 18.4 Å². The van der Waals surface area contributed by atoms with Gasteiger partial charge in [0.1, 0.15) is 5.54 Å². The number of carbonyl (C=O) groups excluding carboxylic acids is 2. The number of amides is 3. The smallest absolute Gasteiger partial charge is 0.317 e. The van der Waals surface area contributed by atoms with Gasteiger partial charge in [0.05, 0.1) is 0 Å². The van der Waals surface area contributed by atoms with E-state index in [1.807, 2.05) is 13.0 Å². The molecule has 0 aliphatic carbocycles. The molecule has 2 heterocycles. The molecule has 0 saturated carbocycles. The molecule has 2 saturated heterocycles. The van der Waals surface area contributed by atoms with Crippen molar-refractivity contribution in [3.63, 3.8) is 0 Å². The molecule has 0 unspecified atom stereocenters. The van der Waals surface area contributed by atoms with Gasteiger partial charge in [-0.3, -0.25) is 15.0 Å². The van der Waals surface area contributed by atoms with E-state index in [1.54, 1.807) is 17.0 Å². The van der Waals surface area contributed by atoms with Crippen LogP contribution in [0.4, 0.5) is 10.5 Å². The first kappa shape index (κ1) is 16.1. The van der Waals surface area contributed by atoms with Crippen LogP contribution in [0.3, 0.4) is 0 Å². The van der Waals surface area contributed by atoms with E-state index in [1.165, 1.54) is 0 Å². The van der Waals surface area contributed by atoms with Crippen LogP contribution < -0.4 is 15.5 Å². The van der Waals surface area contributed by atoms with Crippen LogP contribution in [-0.2, 0) is 4.79 Å². The normalized spacial score (nSPS) is 20.4. The van der Waals surface area contributed by atoms with Crippen LogP contribution in [0.2, 0.25) is 5.02 Å². The summed E-state index contributed by atoms with van der Waals surface area (Å²) in [6.45, 7) is 3.35. The lowest BCUT2D eigenvalue weighted by Crippen LogP contribution is -2.56. The Bertz CT molecular complexity index is 586. The maximum Gasteiger partial charge on any atom is 0.329 e. The third-order valence-corrected chi connectivity index (χ3v) is 4.34. The number of nitrogens with one attached hydrogen (secondary N) is 2. The van der Waals surface area contributed by atoms with Crippen LogP contribution in [-0.4, -0.2) is 30.6 Å². The molecule has 3 rings (SSSR count). The van der Waals surface area contributed by atoms with Gasteiger partial charge in [-0.25, -0.2) is 4.79 Å². The Balaban J connectivity index is 0.00000161. The Morgan fingerprint density at radius 3 is 2.52 bits per heavy atom. The molecule has 2 aliphatic heterocycles. The molecule has 2 fully saturated rings. The fourth-order valence-corrected chi connectivity index (χ4v) is 3.29. The molecule has 0 radical (unpaired) electrons. The number of aryl methyl sites for hydroxylation is 1. The molecule has 1 aromatic carbocycles. The quantitative estimate of drug-likeness (QED) is 0.777. The predicted octanol–water partition coefficient (Wildman–Crippen LogP) is 2.25. The maximum atomic E-state index is 12.3. The first-order valence-corrected chi connectivity index (χ1v) is 7.05. The Morgan fingerprint density at radius 2 is 1.90 bits per heavy atom. The van der Waals surface area contributed by atoms with Gasteiger partial charge in [0.25, 0.3) is 5.91 Å². The number of carbonyl (C=O) groups is 2. The van der Waals surface area contributed by atoms with Crippen LogP contribution in [0.15, 0.2) is 18.2 Å². The van der Waals surface area contributed by atoms with Crippen molar-refractivity contribution in [3.8, 4) is 0 Å². The topological polar surface area (TPSA) is 61.4 Å². The molecular weight excluding hydrogens is 313 g/mol. The molecule has 0 aromatic heterocycles. The molecule has 1 spiro atoms. The molecule has 21 heavy (non-hydrogen) atoms. The largest absolute Gasteiger partial charge is 0.329 e. The van der Waals surface area contributed by atoms with Gasteiger partial charge in [0, 0.05) is 10.7 Å². The van der Waals surface area contributed by atoms with E-state index in [0.29, 0.717) is 17.9 Å². The summed E-state index contributed by atoms with van der Waals surface area (Å²) in [5.74, 6) is -0.196. The molecule has 5 nitrogen and oxygen atoms in total. The number of benzene rings is 1. The van der Waals surface area contributed by atoms with Gasteiger partial charge in [-0.1, -0.05) is 11.6 Å². The van der Waals surface area contributed by atoms with E-state index in [2.05, 4.69) is 10.6 Å². The predicted molar refractivity (Wildman–Crippen MR) is 84.3 cm³/mol. The molecule has 7 heteroatoms. The number of imide groups is 1. The highest BCUT2D eigenvalue weighted by molar-refractivity contribution is 6.30. The van der Waals surface area contributed by atoms with E-state index < -0.39 is 5.54 Å². The average molecular weight is 330 g/mol. The molecule has 114 valence electrons. The third-order valence-electron chi connectivity index (χ3n) is 4.10. The molecule has 0 atom stereocenters. The van der Waals surface area contributed by atoms with Gasteiger partial charge < -0.3 is 5.32 Å². The van der Waals surface area contributed by atoms with Crippen LogP contribution >= 0.6 is 24.0 Å². The minimum absolute atomic E-state index is 0. The molecule has 2 N–H and O–H groups in total. The Labute approximate surface area is 134 Å². The number of piperidine rings is 1. The van der Waals surface area contributed by atoms with Crippen molar-refractivity contribution in [1.82, 2.24) is 10.6 Å². The Hall–Kier alpha value is -1.30. The zero-order valence-corrected chi connectivity index (χ0v) is 13.2. The second kappa shape index (κ2) is 5.83. The number of anilines is 1. The lowest BCUT2D eigenvalue weighted by atomic mass is 9.86. The third kappa shape index (κ3) is 2.50. The first-order valence-electron chi connectivity index (χ1n) is 6.67. The zero-order chi connectivity index (χ0) is 14.3. The number of halogens is 2. The molecule has 3 amide bonds. The molecule has 0 bridgehead atoms. The van der Waals surface area contributed by atoms with Gasteiger partial charge >= 0.3 is 6.03 Å². The van der Waals surface area contributed by atoms with Crippen molar-refractivity contribution in [2.24, 2.45) is 0 Å². The lowest BCUT2D eigenvalue weighted by molar-refractivity contribution is -0.124. The van der Waals surface area contributed by atoms with E-state index in [9.17, 15) is 9.59 Å². The average Bonchev–Trinajstić information content (AvgIpc) is 2.63. The lowest BCUT2D eigenvalue weighted by Gasteiger charge is -2.39. The van der Waals surface area contributed by atoms with Gasteiger partial charge in [-0.2, -0.15) is 0 Å². The van der Waals surface area contributed by atoms with Crippen molar-refractivity contribution in [2.75, 3.05) is 18.0 Å². The summed E-state index contributed by atoms with van der Waals surface area (Å²) in [6.07, 6.45) is 1.24. The van der Waals surface area contributed by atoms with Gasteiger partial charge in [0.15, 0.2) is 0 Å². The Kier molecular flexibility index (Phi) is 4.46. The summed E-state index contributed by atoms with van der Waals surface area (Å²) in [7, 11) is 0. The minimum Gasteiger partial charge on any atom is -0.317 e. The van der Waals surface area contributed by atoms with Gasteiger partial charge in [-0.05, 0) is 56.6 Å². The van der Waals surface area contributed by atoms with Crippen molar-refractivity contribution in [1.29, 1.82) is 0 Å². The summed E-state index contributed by atoms with van der Waals surface area (Å²) in [6, 6.07) is 5.01.